The number of nitrogens with zero attached hydrogens (tertiary/aromatic N) is 1. The van der Waals surface area contributed by atoms with Crippen molar-refractivity contribution in [2.75, 3.05) is 7.11 Å². The lowest BCUT2D eigenvalue weighted by Crippen LogP contribution is -2.26. The summed E-state index contributed by atoms with van der Waals surface area (Å²) in [5.74, 6) is 3.61. The molecular weight excluding hydrogens is 450 g/mol. The van der Waals surface area contributed by atoms with E-state index >= 15 is 0 Å². The monoisotopic (exact) mass is 469 g/mol. The van der Waals surface area contributed by atoms with Gasteiger partial charge in [0.2, 0.25) is 0 Å². The number of aryl methyl sites for hydroxylation is 1. The molecule has 0 aliphatic rings. The van der Waals surface area contributed by atoms with Crippen LogP contribution < -0.4 is 4.74 Å². The standard InChI is InChI=1S/C23H20BrNO3S/c1-18-6-12-23(13-7-18)29(26,27)25(17-20-8-10-21(24)11-9-20)15-14-19-4-3-5-22(16-19)28-2/h3-13,16H,17H2,1-2H3. The number of ether oxygens (including phenoxy) is 1. The Morgan fingerprint density at radius 1 is 1.00 bits per heavy atom. The van der Waals surface area contributed by atoms with Gasteiger partial charge < -0.3 is 4.74 Å². The zero-order valence-electron chi connectivity index (χ0n) is 16.1. The quantitative estimate of drug-likeness (QED) is 0.391. The first-order valence-electron chi connectivity index (χ1n) is 8.88. The van der Waals surface area contributed by atoms with E-state index in [0.29, 0.717) is 11.3 Å². The van der Waals surface area contributed by atoms with E-state index in [9.17, 15) is 8.42 Å². The number of rotatable bonds is 5. The molecule has 0 N–H and O–H groups in total. The zero-order valence-corrected chi connectivity index (χ0v) is 18.5. The summed E-state index contributed by atoms with van der Waals surface area (Å²) in [6, 6.07) is 24.3. The summed E-state index contributed by atoms with van der Waals surface area (Å²) >= 11 is 3.40. The van der Waals surface area contributed by atoms with Crippen molar-refractivity contribution in [1.82, 2.24) is 4.31 Å². The van der Waals surface area contributed by atoms with Gasteiger partial charge in [0.1, 0.15) is 5.75 Å². The summed E-state index contributed by atoms with van der Waals surface area (Å²) in [6.45, 7) is 2.05. The van der Waals surface area contributed by atoms with Gasteiger partial charge in [-0.2, -0.15) is 0 Å². The van der Waals surface area contributed by atoms with Crippen molar-refractivity contribution >= 4 is 26.0 Å². The number of hydrogen-bond donors (Lipinski definition) is 0. The Bertz CT molecular complexity index is 1150. The maximum Gasteiger partial charge on any atom is 0.271 e. The van der Waals surface area contributed by atoms with Crippen molar-refractivity contribution in [3.05, 3.63) is 94.0 Å². The van der Waals surface area contributed by atoms with Gasteiger partial charge in [0, 0.05) is 16.1 Å². The first-order chi connectivity index (χ1) is 13.9. The van der Waals surface area contributed by atoms with Crippen molar-refractivity contribution in [3.8, 4) is 17.7 Å². The van der Waals surface area contributed by atoms with Crippen LogP contribution in [0.1, 0.15) is 16.7 Å². The first kappa shape index (κ1) is 21.0. The predicted octanol–water partition coefficient (Wildman–Crippen LogP) is 4.97. The minimum Gasteiger partial charge on any atom is -0.497 e. The molecule has 6 heteroatoms. The van der Waals surface area contributed by atoms with Crippen molar-refractivity contribution in [2.45, 2.75) is 18.4 Å². The van der Waals surface area contributed by atoms with Crippen LogP contribution in [-0.4, -0.2) is 19.8 Å². The van der Waals surface area contributed by atoms with Crippen molar-refractivity contribution in [2.24, 2.45) is 0 Å². The maximum atomic E-state index is 13.2. The van der Waals surface area contributed by atoms with E-state index in [2.05, 4.69) is 27.9 Å². The van der Waals surface area contributed by atoms with E-state index < -0.39 is 10.0 Å². The van der Waals surface area contributed by atoms with Gasteiger partial charge in [0.15, 0.2) is 0 Å². The molecule has 3 aromatic rings. The highest BCUT2D eigenvalue weighted by Crippen LogP contribution is 2.20. The Hall–Kier alpha value is -2.75. The summed E-state index contributed by atoms with van der Waals surface area (Å²) < 4.78 is 33.8. The molecule has 0 heterocycles. The second-order valence-electron chi connectivity index (χ2n) is 6.42. The largest absolute Gasteiger partial charge is 0.497 e. The molecule has 0 spiro atoms. The average Bonchev–Trinajstić information content (AvgIpc) is 2.73. The molecule has 0 aromatic heterocycles. The van der Waals surface area contributed by atoms with Crippen LogP contribution in [0.4, 0.5) is 0 Å². The Morgan fingerprint density at radius 3 is 2.34 bits per heavy atom. The highest BCUT2D eigenvalue weighted by Gasteiger charge is 2.22. The topological polar surface area (TPSA) is 46.6 Å². The highest BCUT2D eigenvalue weighted by molar-refractivity contribution is 9.10. The van der Waals surface area contributed by atoms with Crippen LogP contribution in [-0.2, 0) is 16.6 Å². The number of halogens is 1. The summed E-state index contributed by atoms with van der Waals surface area (Å²) in [4.78, 5) is 0.208. The minimum absolute atomic E-state index is 0.139. The van der Waals surface area contributed by atoms with Crippen LogP contribution in [0.2, 0.25) is 0 Å². The Labute approximate surface area is 180 Å². The molecule has 0 fully saturated rings. The molecule has 4 nitrogen and oxygen atoms in total. The third-order valence-corrected chi connectivity index (χ3v) is 6.44. The molecule has 0 saturated heterocycles. The minimum atomic E-state index is -3.80. The fourth-order valence-corrected chi connectivity index (χ4v) is 4.09. The van der Waals surface area contributed by atoms with Gasteiger partial charge in [0.25, 0.3) is 10.0 Å². The summed E-state index contributed by atoms with van der Waals surface area (Å²) in [6.07, 6.45) is 0. The maximum absolute atomic E-state index is 13.2. The van der Waals surface area contributed by atoms with Crippen LogP contribution in [0, 0.1) is 18.9 Å². The molecule has 0 aliphatic carbocycles. The Balaban J connectivity index is 2.00. The molecule has 0 radical (unpaired) electrons. The Morgan fingerprint density at radius 2 is 1.69 bits per heavy atom. The third-order valence-electron chi connectivity index (χ3n) is 4.24. The smallest absolute Gasteiger partial charge is 0.271 e. The Kier molecular flexibility index (Phi) is 6.63. The molecule has 3 aromatic carbocycles. The summed E-state index contributed by atoms with van der Waals surface area (Å²) in [5.41, 5.74) is 2.50. The van der Waals surface area contributed by atoms with Crippen molar-refractivity contribution in [3.63, 3.8) is 0 Å². The number of hydrogen-bond acceptors (Lipinski definition) is 3. The predicted molar refractivity (Wildman–Crippen MR) is 118 cm³/mol. The molecule has 3 rings (SSSR count). The van der Waals surface area contributed by atoms with Crippen LogP contribution >= 0.6 is 15.9 Å². The SMILES string of the molecule is COc1cccc(C#CN(Cc2ccc(Br)cc2)S(=O)(=O)c2ccc(C)cc2)c1. The summed E-state index contributed by atoms with van der Waals surface area (Å²) in [7, 11) is -2.22. The van der Waals surface area contributed by atoms with E-state index in [1.807, 2.05) is 49.4 Å². The molecule has 0 amide bonds. The van der Waals surface area contributed by atoms with Gasteiger partial charge in [-0.25, -0.2) is 12.7 Å². The van der Waals surface area contributed by atoms with Gasteiger partial charge in [-0.05, 0) is 60.9 Å². The van der Waals surface area contributed by atoms with Gasteiger partial charge in [0.05, 0.1) is 18.6 Å². The fraction of sp³-hybridized carbons (Fsp3) is 0.130. The van der Waals surface area contributed by atoms with Crippen LogP contribution in [0.25, 0.3) is 0 Å². The molecule has 0 bridgehead atoms. The molecule has 0 saturated carbocycles. The zero-order chi connectivity index (χ0) is 20.9. The number of sulfonamides is 1. The lowest BCUT2D eigenvalue weighted by atomic mass is 10.2. The highest BCUT2D eigenvalue weighted by atomic mass is 79.9. The van der Waals surface area contributed by atoms with E-state index in [1.165, 1.54) is 4.31 Å². The molecule has 0 atom stereocenters. The second-order valence-corrected chi connectivity index (χ2v) is 9.20. The number of benzene rings is 3. The van der Waals surface area contributed by atoms with Gasteiger partial charge in [-0.15, -0.1) is 0 Å². The number of methoxy groups -OCH3 is 1. The van der Waals surface area contributed by atoms with Gasteiger partial charge in [-0.1, -0.05) is 51.8 Å². The van der Waals surface area contributed by atoms with Gasteiger partial charge >= 0.3 is 0 Å². The van der Waals surface area contributed by atoms with Crippen LogP contribution in [0.3, 0.4) is 0 Å². The van der Waals surface area contributed by atoms with E-state index in [-0.39, 0.29) is 11.4 Å². The summed E-state index contributed by atoms with van der Waals surface area (Å²) in [5, 5.41) is 0. The lowest BCUT2D eigenvalue weighted by Gasteiger charge is -2.18. The van der Waals surface area contributed by atoms with E-state index in [0.717, 1.165) is 15.6 Å². The first-order valence-corrected chi connectivity index (χ1v) is 11.1. The van der Waals surface area contributed by atoms with Crippen LogP contribution in [0.5, 0.6) is 5.75 Å². The molecular formula is C23H20BrNO3S. The van der Waals surface area contributed by atoms with Gasteiger partial charge in [-0.3, -0.25) is 0 Å². The average molecular weight is 470 g/mol. The van der Waals surface area contributed by atoms with Crippen LogP contribution in [0.15, 0.2) is 82.2 Å². The second kappa shape index (κ2) is 9.17. The third kappa shape index (κ3) is 5.41. The lowest BCUT2D eigenvalue weighted by molar-refractivity contribution is 0.414. The van der Waals surface area contributed by atoms with Crippen molar-refractivity contribution in [1.29, 1.82) is 0 Å². The molecule has 0 aliphatic heterocycles. The molecule has 29 heavy (non-hydrogen) atoms. The normalized spacial score (nSPS) is 10.7. The van der Waals surface area contributed by atoms with E-state index in [1.54, 1.807) is 37.4 Å². The van der Waals surface area contributed by atoms with E-state index in [4.69, 9.17) is 4.74 Å². The van der Waals surface area contributed by atoms with Crippen molar-refractivity contribution < 1.29 is 13.2 Å². The molecule has 148 valence electrons. The molecule has 0 unspecified atom stereocenters. The fourth-order valence-electron chi connectivity index (χ4n) is 2.61.